The molecule has 3 aromatic rings. The number of phenolic OH excluding ortho intramolecular Hbond substituents is 1. The molecule has 2 N–H and O–H groups in total. The van der Waals surface area contributed by atoms with Crippen molar-refractivity contribution in [1.82, 2.24) is 5.32 Å². The summed E-state index contributed by atoms with van der Waals surface area (Å²) in [7, 11) is 0. The first-order chi connectivity index (χ1) is 19.4. The second-order valence-electron chi connectivity index (χ2n) is 11.2. The van der Waals surface area contributed by atoms with Gasteiger partial charge in [0.05, 0.1) is 17.3 Å². The Balaban J connectivity index is 1.54. The molecule has 40 heavy (non-hydrogen) atoms. The zero-order valence-electron chi connectivity index (χ0n) is 21.6. The number of ketones is 2. The van der Waals surface area contributed by atoms with Crippen LogP contribution < -0.4 is 5.32 Å². The van der Waals surface area contributed by atoms with Crippen LogP contribution in [-0.4, -0.2) is 28.5 Å². The molecule has 0 spiro atoms. The van der Waals surface area contributed by atoms with E-state index < -0.39 is 35.0 Å². The van der Waals surface area contributed by atoms with Gasteiger partial charge in [0, 0.05) is 23.0 Å². The summed E-state index contributed by atoms with van der Waals surface area (Å²) in [6.07, 6.45) is 4.07. The highest BCUT2D eigenvalue weighted by molar-refractivity contribution is 6.31. The van der Waals surface area contributed by atoms with Gasteiger partial charge in [0.15, 0.2) is 11.6 Å². The van der Waals surface area contributed by atoms with Crippen LogP contribution in [0.5, 0.6) is 5.75 Å². The number of nitrogens with one attached hydrogen (secondary N) is 1. The lowest BCUT2D eigenvalue weighted by Gasteiger charge is -2.55. The molecule has 6 nitrogen and oxygen atoms in total. The smallest absolute Gasteiger partial charge is 0.231 e. The zero-order chi connectivity index (χ0) is 27.6. The van der Waals surface area contributed by atoms with Crippen molar-refractivity contribution in [2.45, 2.75) is 24.2 Å². The third-order valence-corrected chi connectivity index (χ3v) is 9.47. The molecular formula is C34H27NO5. The Morgan fingerprint density at radius 2 is 1.45 bits per heavy atom. The number of aromatic hydroxyl groups is 1. The summed E-state index contributed by atoms with van der Waals surface area (Å²) in [4.78, 5) is 55.2. The molecule has 3 aliphatic carbocycles. The van der Waals surface area contributed by atoms with E-state index in [9.17, 15) is 24.3 Å². The highest BCUT2D eigenvalue weighted by Crippen LogP contribution is 2.63. The number of benzene rings is 3. The van der Waals surface area contributed by atoms with E-state index in [1.165, 1.54) is 6.08 Å². The van der Waals surface area contributed by atoms with Crippen molar-refractivity contribution >= 4 is 29.0 Å². The topological polar surface area (TPSA) is 101 Å². The van der Waals surface area contributed by atoms with Gasteiger partial charge in [-0.2, -0.15) is 0 Å². The van der Waals surface area contributed by atoms with Crippen LogP contribution in [0.1, 0.15) is 35.4 Å². The minimum absolute atomic E-state index is 0.0234. The molecule has 1 saturated carbocycles. The maximum atomic E-state index is 14.7. The van der Waals surface area contributed by atoms with Crippen LogP contribution in [0.4, 0.5) is 0 Å². The first-order valence-corrected chi connectivity index (χ1v) is 13.7. The molecule has 1 saturated heterocycles. The zero-order valence-corrected chi connectivity index (χ0v) is 21.6. The first kappa shape index (κ1) is 24.5. The summed E-state index contributed by atoms with van der Waals surface area (Å²) in [6, 6.07) is 25.4. The largest absolute Gasteiger partial charge is 0.508 e. The van der Waals surface area contributed by atoms with Gasteiger partial charge in [-0.05, 0) is 42.0 Å². The molecule has 1 heterocycles. The van der Waals surface area contributed by atoms with Crippen molar-refractivity contribution in [2.24, 2.45) is 23.7 Å². The van der Waals surface area contributed by atoms with Crippen molar-refractivity contribution in [3.8, 4) is 5.75 Å². The number of phenols is 1. The maximum absolute atomic E-state index is 14.7. The van der Waals surface area contributed by atoms with Gasteiger partial charge < -0.3 is 5.11 Å². The van der Waals surface area contributed by atoms with E-state index in [0.29, 0.717) is 28.7 Å². The molecule has 4 aliphatic rings. The van der Waals surface area contributed by atoms with Gasteiger partial charge in [-0.15, -0.1) is 0 Å². The molecule has 2 fully saturated rings. The Kier molecular flexibility index (Phi) is 5.49. The Labute approximate surface area is 231 Å². The predicted molar refractivity (Wildman–Crippen MR) is 148 cm³/mol. The second kappa shape index (κ2) is 8.98. The van der Waals surface area contributed by atoms with Crippen molar-refractivity contribution in [3.05, 3.63) is 119 Å². The summed E-state index contributed by atoms with van der Waals surface area (Å²) >= 11 is 0. The van der Waals surface area contributed by atoms with E-state index in [0.717, 1.165) is 5.57 Å². The van der Waals surface area contributed by atoms with Gasteiger partial charge in [0.25, 0.3) is 0 Å². The quantitative estimate of drug-likeness (QED) is 0.384. The van der Waals surface area contributed by atoms with E-state index in [1.54, 1.807) is 18.2 Å². The minimum Gasteiger partial charge on any atom is -0.508 e. The van der Waals surface area contributed by atoms with Gasteiger partial charge in [-0.3, -0.25) is 24.5 Å². The Hall–Kier alpha value is -4.58. The Morgan fingerprint density at radius 3 is 2.17 bits per heavy atom. The van der Waals surface area contributed by atoms with Crippen molar-refractivity contribution in [2.75, 3.05) is 0 Å². The average Bonchev–Trinajstić information content (AvgIpc) is 3.28. The van der Waals surface area contributed by atoms with E-state index >= 15 is 0 Å². The highest BCUT2D eigenvalue weighted by Gasteiger charge is 2.65. The number of fused-ring (bicyclic) bond motifs is 4. The molecule has 6 heteroatoms. The van der Waals surface area contributed by atoms with E-state index in [4.69, 9.17) is 0 Å². The fraction of sp³-hybridized carbons (Fsp3) is 0.235. The summed E-state index contributed by atoms with van der Waals surface area (Å²) in [5.74, 6) is -4.03. The van der Waals surface area contributed by atoms with Crippen LogP contribution >= 0.6 is 0 Å². The predicted octanol–water partition coefficient (Wildman–Crippen LogP) is 4.50. The Morgan fingerprint density at radius 1 is 0.775 bits per heavy atom. The number of imide groups is 1. The van der Waals surface area contributed by atoms with Gasteiger partial charge in [-0.1, -0.05) is 90.5 Å². The summed E-state index contributed by atoms with van der Waals surface area (Å²) in [5.41, 5.74) is 1.76. The summed E-state index contributed by atoms with van der Waals surface area (Å²) in [6.45, 7) is 0. The van der Waals surface area contributed by atoms with Gasteiger partial charge in [0.1, 0.15) is 5.75 Å². The van der Waals surface area contributed by atoms with Crippen LogP contribution in [0.15, 0.2) is 103 Å². The number of hydrogen-bond acceptors (Lipinski definition) is 5. The monoisotopic (exact) mass is 529 g/mol. The van der Waals surface area contributed by atoms with Gasteiger partial charge >= 0.3 is 0 Å². The fourth-order valence-electron chi connectivity index (χ4n) is 7.86. The number of hydrogen-bond donors (Lipinski definition) is 2. The second-order valence-corrected chi connectivity index (χ2v) is 11.2. The minimum atomic E-state index is -1.33. The molecule has 1 aliphatic heterocycles. The van der Waals surface area contributed by atoms with E-state index in [1.807, 2.05) is 72.8 Å². The first-order valence-electron chi connectivity index (χ1n) is 13.7. The average molecular weight is 530 g/mol. The molecule has 7 rings (SSSR count). The molecule has 3 aromatic carbocycles. The lowest BCUT2D eigenvalue weighted by molar-refractivity contribution is -0.135. The SMILES string of the molecule is O=C1NC(=O)[C@H]2CC=C3[C@@H](C[C@H]4C(=O)C(c5ccccc5)=CC(=O)[C@@]4(c4ccccc4)[C@H]3c3ccccc3O)[C@@H]12. The molecule has 198 valence electrons. The normalized spacial score (nSPS) is 30.9. The van der Waals surface area contributed by atoms with E-state index in [2.05, 4.69) is 5.32 Å². The number of carbonyl (C=O) groups is 4. The lowest BCUT2D eigenvalue weighted by atomic mass is 9.44. The van der Waals surface area contributed by atoms with Crippen molar-refractivity contribution in [3.63, 3.8) is 0 Å². The highest BCUT2D eigenvalue weighted by atomic mass is 16.3. The van der Waals surface area contributed by atoms with Gasteiger partial charge in [0.2, 0.25) is 11.8 Å². The van der Waals surface area contributed by atoms with Crippen molar-refractivity contribution < 1.29 is 24.3 Å². The Bertz CT molecular complexity index is 1640. The molecular weight excluding hydrogens is 502 g/mol. The third-order valence-electron chi connectivity index (χ3n) is 9.47. The fourth-order valence-corrected chi connectivity index (χ4v) is 7.86. The molecule has 0 radical (unpaired) electrons. The van der Waals surface area contributed by atoms with Crippen LogP contribution in [-0.2, 0) is 24.6 Å². The molecule has 2 amide bonds. The van der Waals surface area contributed by atoms with Crippen LogP contribution in [0.2, 0.25) is 0 Å². The standard InChI is InChI=1S/C34H27NO5/c36-27-14-8-7-13-22(27)30-21-15-16-23-29(33(40)35-32(23)39)25(21)17-26-31(38)24(19-9-3-1-4-10-19)18-28(37)34(26,30)20-11-5-2-6-12-20/h1-15,18,23,25-26,29-30,36H,16-17H2,(H,35,39,40)/t23-,25+,26-,29-,30+,34-/m0/s1. The van der Waals surface area contributed by atoms with Gasteiger partial charge in [-0.25, -0.2) is 0 Å². The third kappa shape index (κ3) is 3.28. The van der Waals surface area contributed by atoms with Crippen molar-refractivity contribution in [1.29, 1.82) is 0 Å². The number of rotatable bonds is 3. The van der Waals surface area contributed by atoms with E-state index in [-0.39, 0.29) is 35.6 Å². The van der Waals surface area contributed by atoms with Crippen LogP contribution in [0.3, 0.4) is 0 Å². The number of amides is 2. The molecule has 0 unspecified atom stereocenters. The maximum Gasteiger partial charge on any atom is 0.231 e. The summed E-state index contributed by atoms with van der Waals surface area (Å²) < 4.78 is 0. The van der Waals surface area contributed by atoms with Crippen LogP contribution in [0, 0.1) is 23.7 Å². The lowest BCUT2D eigenvalue weighted by Crippen LogP contribution is -2.58. The number of para-hydroxylation sites is 1. The molecule has 6 atom stereocenters. The molecule has 0 bridgehead atoms. The number of Topliss-reactive ketones (excluding diaryl/α,β-unsaturated/α-hetero) is 1. The summed E-state index contributed by atoms with van der Waals surface area (Å²) in [5, 5.41) is 13.7. The van der Waals surface area contributed by atoms with Crippen LogP contribution in [0.25, 0.3) is 5.57 Å². The number of carbonyl (C=O) groups excluding carboxylic acids is 4. The number of allylic oxidation sites excluding steroid dienone is 4. The molecule has 0 aromatic heterocycles.